The van der Waals surface area contributed by atoms with Gasteiger partial charge < -0.3 is 20.2 Å². The van der Waals surface area contributed by atoms with E-state index in [1.807, 2.05) is 6.07 Å². The summed E-state index contributed by atoms with van der Waals surface area (Å²) in [6.07, 6.45) is 0.477. The fourth-order valence-corrected chi connectivity index (χ4v) is 4.63. The van der Waals surface area contributed by atoms with Crippen LogP contribution in [-0.2, 0) is 0 Å². The number of carboxylic acid groups (broad SMARTS) is 1. The van der Waals surface area contributed by atoms with Gasteiger partial charge in [-0.1, -0.05) is 0 Å². The highest BCUT2D eigenvalue weighted by Crippen LogP contribution is 2.31. The zero-order valence-electron chi connectivity index (χ0n) is 19.0. The number of anilines is 1. The second kappa shape index (κ2) is 10.1. The molecule has 3 atom stereocenters. The summed E-state index contributed by atoms with van der Waals surface area (Å²) < 4.78 is 26.6. The fourth-order valence-electron chi connectivity index (χ4n) is 4.63. The van der Waals surface area contributed by atoms with E-state index in [4.69, 9.17) is 10.1 Å². The molecule has 2 N–H and O–H groups in total. The molecule has 0 saturated carbocycles. The molecule has 9 nitrogen and oxygen atoms in total. The van der Waals surface area contributed by atoms with Crippen molar-refractivity contribution < 1.29 is 28.3 Å². The van der Waals surface area contributed by atoms with Gasteiger partial charge in [-0.3, -0.25) is 4.90 Å². The molecule has 184 valence electrons. The number of piperazine rings is 1. The highest BCUT2D eigenvalue weighted by Gasteiger charge is 2.42. The predicted octanol–water partition coefficient (Wildman–Crippen LogP) is 3.88. The smallest absolute Gasteiger partial charge is 0.441 e. The van der Waals surface area contributed by atoms with Crippen molar-refractivity contribution >= 4 is 17.8 Å². The molecule has 0 radical (unpaired) electrons. The third kappa shape index (κ3) is 5.44. The Kier molecular flexibility index (Phi) is 7.02. The maximum absolute atomic E-state index is 13.5. The van der Waals surface area contributed by atoms with E-state index < -0.39 is 29.8 Å². The van der Waals surface area contributed by atoms with E-state index >= 15 is 0 Å². The number of amides is 3. The van der Waals surface area contributed by atoms with Crippen molar-refractivity contribution in [3.8, 4) is 11.8 Å². The SMILES string of the molecule is CC(CN1C2CCC1CN(C(=O)Nc1ccc(F)c(F)c1)C2)N(Oc1ccc(C#N)cc1)C(=O)O. The second-order valence-electron chi connectivity index (χ2n) is 8.73. The van der Waals surface area contributed by atoms with E-state index in [-0.39, 0.29) is 17.8 Å². The standard InChI is InChI=1S/C24H25F2N5O4/c1-15(31(24(33)34)35-20-7-2-16(11-27)3-8-20)12-30-18-5-6-19(30)14-29(13-18)23(32)28-17-4-9-21(25)22(26)10-17/h2-4,7-10,15,18-19H,5-6,12-14H2,1H3,(H,28,32)(H,33,34). The number of hydroxylamine groups is 2. The van der Waals surface area contributed by atoms with Crippen molar-refractivity contribution in [2.45, 2.75) is 37.9 Å². The van der Waals surface area contributed by atoms with E-state index in [2.05, 4.69) is 10.2 Å². The summed E-state index contributed by atoms with van der Waals surface area (Å²) in [5.74, 6) is -1.71. The van der Waals surface area contributed by atoms with Crippen molar-refractivity contribution in [1.82, 2.24) is 14.9 Å². The summed E-state index contributed by atoms with van der Waals surface area (Å²) in [6.45, 7) is 3.03. The molecule has 2 aliphatic heterocycles. The molecule has 2 heterocycles. The molecule has 4 rings (SSSR count). The highest BCUT2D eigenvalue weighted by atomic mass is 19.2. The lowest BCUT2D eigenvalue weighted by atomic mass is 10.1. The van der Waals surface area contributed by atoms with Crippen molar-refractivity contribution in [2.75, 3.05) is 25.0 Å². The zero-order chi connectivity index (χ0) is 25.1. The zero-order valence-corrected chi connectivity index (χ0v) is 19.0. The molecule has 0 aromatic heterocycles. The van der Waals surface area contributed by atoms with E-state index in [0.717, 1.165) is 30.0 Å². The van der Waals surface area contributed by atoms with Gasteiger partial charge in [-0.2, -0.15) is 5.26 Å². The number of carbonyl (C=O) groups excluding carboxylic acids is 1. The van der Waals surface area contributed by atoms with Crippen LogP contribution >= 0.6 is 0 Å². The van der Waals surface area contributed by atoms with Crippen LogP contribution in [-0.4, -0.2) is 69.9 Å². The average molecular weight is 485 g/mol. The Morgan fingerprint density at radius 3 is 2.40 bits per heavy atom. The van der Waals surface area contributed by atoms with Crippen LogP contribution in [0.4, 0.5) is 24.1 Å². The minimum atomic E-state index is -1.24. The van der Waals surface area contributed by atoms with Crippen molar-refractivity contribution in [2.24, 2.45) is 0 Å². The number of hydrogen-bond acceptors (Lipinski definition) is 5. The van der Waals surface area contributed by atoms with Crippen molar-refractivity contribution in [3.05, 3.63) is 59.7 Å². The number of urea groups is 1. The minimum Gasteiger partial charge on any atom is -0.463 e. The first-order valence-electron chi connectivity index (χ1n) is 11.2. The Labute approximate surface area is 201 Å². The second-order valence-corrected chi connectivity index (χ2v) is 8.73. The van der Waals surface area contributed by atoms with Crippen molar-refractivity contribution in [1.29, 1.82) is 5.26 Å². The molecule has 2 aromatic rings. The molecule has 2 saturated heterocycles. The lowest BCUT2D eigenvalue weighted by Gasteiger charge is -2.42. The van der Waals surface area contributed by atoms with Crippen LogP contribution < -0.4 is 10.2 Å². The Morgan fingerprint density at radius 1 is 1.17 bits per heavy atom. The quantitative estimate of drug-likeness (QED) is 0.601. The highest BCUT2D eigenvalue weighted by molar-refractivity contribution is 5.89. The van der Waals surface area contributed by atoms with Gasteiger partial charge >= 0.3 is 12.1 Å². The summed E-state index contributed by atoms with van der Waals surface area (Å²) in [4.78, 5) is 34.0. The van der Waals surface area contributed by atoms with E-state index in [1.54, 1.807) is 24.0 Å². The van der Waals surface area contributed by atoms with Gasteiger partial charge in [0.1, 0.15) is 0 Å². The van der Waals surface area contributed by atoms with E-state index in [1.165, 1.54) is 18.2 Å². The normalized spacial score (nSPS) is 20.1. The van der Waals surface area contributed by atoms with Crippen LogP contribution in [0.3, 0.4) is 0 Å². The molecule has 0 spiro atoms. The summed E-state index contributed by atoms with van der Waals surface area (Å²) >= 11 is 0. The van der Waals surface area contributed by atoms with Gasteiger partial charge in [0.2, 0.25) is 0 Å². The molecule has 0 aliphatic carbocycles. The molecule has 3 amide bonds. The predicted molar refractivity (Wildman–Crippen MR) is 122 cm³/mol. The largest absolute Gasteiger partial charge is 0.463 e. The van der Waals surface area contributed by atoms with Gasteiger partial charge in [0.05, 0.1) is 17.7 Å². The lowest BCUT2D eigenvalue weighted by molar-refractivity contribution is -0.0769. The van der Waals surface area contributed by atoms with Crippen LogP contribution in [0.25, 0.3) is 0 Å². The number of nitrogens with zero attached hydrogens (tertiary/aromatic N) is 4. The number of benzene rings is 2. The topological polar surface area (TPSA) is 109 Å². The van der Waals surface area contributed by atoms with Gasteiger partial charge in [0, 0.05) is 43.5 Å². The first-order valence-corrected chi connectivity index (χ1v) is 11.2. The van der Waals surface area contributed by atoms with Gasteiger partial charge in [0.25, 0.3) is 0 Å². The maximum Gasteiger partial charge on any atom is 0.441 e. The molecular formula is C24H25F2N5O4. The molecule has 3 unspecified atom stereocenters. The number of halogens is 2. The third-order valence-corrected chi connectivity index (χ3v) is 6.34. The maximum atomic E-state index is 13.5. The number of nitriles is 1. The molecule has 2 fully saturated rings. The number of nitrogens with one attached hydrogen (secondary N) is 1. The molecule has 35 heavy (non-hydrogen) atoms. The first-order chi connectivity index (χ1) is 16.7. The lowest BCUT2D eigenvalue weighted by Crippen LogP contribution is -2.59. The van der Waals surface area contributed by atoms with Crippen LogP contribution in [0, 0.1) is 23.0 Å². The summed E-state index contributed by atoms with van der Waals surface area (Å²) in [5.41, 5.74) is 0.615. The number of carbonyl (C=O) groups is 2. The number of hydrogen-bond donors (Lipinski definition) is 2. The van der Waals surface area contributed by atoms with Gasteiger partial charge in [-0.15, -0.1) is 5.06 Å². The number of likely N-dealkylation sites (tertiary alicyclic amines) is 1. The Morgan fingerprint density at radius 2 is 1.83 bits per heavy atom. The summed E-state index contributed by atoms with van der Waals surface area (Å²) in [7, 11) is 0. The third-order valence-electron chi connectivity index (χ3n) is 6.34. The fraction of sp³-hybridized carbons (Fsp3) is 0.375. The van der Waals surface area contributed by atoms with Gasteiger partial charge in [0.15, 0.2) is 17.4 Å². The van der Waals surface area contributed by atoms with Gasteiger partial charge in [-0.25, -0.2) is 18.4 Å². The van der Waals surface area contributed by atoms with Crippen LogP contribution in [0.5, 0.6) is 5.75 Å². The number of rotatable bonds is 6. The van der Waals surface area contributed by atoms with Gasteiger partial charge in [-0.05, 0) is 56.2 Å². The summed E-state index contributed by atoms with van der Waals surface area (Å²) in [5, 5.41) is 22.1. The molecule has 2 aliphatic rings. The van der Waals surface area contributed by atoms with E-state index in [0.29, 0.717) is 30.9 Å². The summed E-state index contributed by atoms with van der Waals surface area (Å²) in [6, 6.07) is 10.5. The van der Waals surface area contributed by atoms with Crippen LogP contribution in [0.2, 0.25) is 0 Å². The van der Waals surface area contributed by atoms with Crippen molar-refractivity contribution in [3.63, 3.8) is 0 Å². The van der Waals surface area contributed by atoms with Crippen LogP contribution in [0.1, 0.15) is 25.3 Å². The minimum absolute atomic E-state index is 0.0393. The Hall–Kier alpha value is -3.91. The Balaban J connectivity index is 1.37. The molecule has 2 bridgehead atoms. The van der Waals surface area contributed by atoms with E-state index in [9.17, 15) is 23.5 Å². The Bertz CT molecular complexity index is 1130. The average Bonchev–Trinajstić information content (AvgIpc) is 3.05. The van der Waals surface area contributed by atoms with Crippen LogP contribution in [0.15, 0.2) is 42.5 Å². The number of fused-ring (bicyclic) bond motifs is 2. The molecule has 11 heteroatoms. The molecule has 2 aromatic carbocycles. The first kappa shape index (κ1) is 24.2. The molecular weight excluding hydrogens is 460 g/mol. The monoisotopic (exact) mass is 485 g/mol.